The Kier molecular flexibility index (Phi) is 6.15. The molecule has 3 aromatic carbocycles. The summed E-state index contributed by atoms with van der Waals surface area (Å²) in [6, 6.07) is 25.1. The molecule has 0 radical (unpaired) electrons. The van der Waals surface area contributed by atoms with Gasteiger partial charge in [0.15, 0.2) is 0 Å². The van der Waals surface area contributed by atoms with Gasteiger partial charge in [-0.25, -0.2) is 9.67 Å². The molecule has 0 atom stereocenters. The van der Waals surface area contributed by atoms with E-state index >= 15 is 0 Å². The second-order valence-electron chi connectivity index (χ2n) is 6.82. The van der Waals surface area contributed by atoms with Crippen molar-refractivity contribution < 1.29 is 9.53 Å². The molecule has 4 aromatic rings. The van der Waals surface area contributed by atoms with Crippen molar-refractivity contribution in [3.63, 3.8) is 0 Å². The summed E-state index contributed by atoms with van der Waals surface area (Å²) in [4.78, 5) is 16.6. The van der Waals surface area contributed by atoms with Gasteiger partial charge in [-0.2, -0.15) is 5.10 Å². The minimum absolute atomic E-state index is 0.179. The maximum atomic E-state index is 12.7. The van der Waals surface area contributed by atoms with Gasteiger partial charge in [-0.05, 0) is 35.4 Å². The molecule has 6 nitrogen and oxygen atoms in total. The highest BCUT2D eigenvalue weighted by atomic mass is 16.5. The van der Waals surface area contributed by atoms with Crippen LogP contribution in [0.15, 0.2) is 91.5 Å². The molecule has 150 valence electrons. The first-order valence-corrected chi connectivity index (χ1v) is 9.76. The number of nitrogens with zero attached hydrogens (tertiary/aromatic N) is 3. The van der Waals surface area contributed by atoms with Crippen LogP contribution in [0.1, 0.15) is 21.5 Å². The Morgan fingerprint density at radius 2 is 1.67 bits per heavy atom. The van der Waals surface area contributed by atoms with Crippen molar-refractivity contribution in [3.8, 4) is 5.75 Å². The van der Waals surface area contributed by atoms with Gasteiger partial charge in [0.1, 0.15) is 18.4 Å². The Morgan fingerprint density at radius 1 is 0.900 bits per heavy atom. The van der Waals surface area contributed by atoms with Gasteiger partial charge in [0.05, 0.1) is 18.8 Å². The van der Waals surface area contributed by atoms with E-state index in [0.717, 1.165) is 12.0 Å². The number of aromatic nitrogens is 3. The fraction of sp³-hybridized carbons (Fsp3) is 0.125. The summed E-state index contributed by atoms with van der Waals surface area (Å²) in [5, 5.41) is 7.04. The molecular weight excluding hydrogens is 376 g/mol. The first-order valence-electron chi connectivity index (χ1n) is 9.76. The summed E-state index contributed by atoms with van der Waals surface area (Å²) < 4.78 is 7.66. The summed E-state index contributed by atoms with van der Waals surface area (Å²) in [5.74, 6) is 0.478. The minimum Gasteiger partial charge on any atom is -0.491 e. The van der Waals surface area contributed by atoms with Gasteiger partial charge < -0.3 is 10.1 Å². The van der Waals surface area contributed by atoms with Crippen molar-refractivity contribution in [3.05, 3.63) is 108 Å². The zero-order valence-electron chi connectivity index (χ0n) is 16.4. The van der Waals surface area contributed by atoms with Crippen LogP contribution in [0.2, 0.25) is 0 Å². The quantitative estimate of drug-likeness (QED) is 0.483. The molecule has 0 unspecified atom stereocenters. The lowest BCUT2D eigenvalue weighted by Crippen LogP contribution is -2.13. The van der Waals surface area contributed by atoms with Crippen LogP contribution in [0, 0.1) is 0 Å². The van der Waals surface area contributed by atoms with E-state index in [-0.39, 0.29) is 5.91 Å². The Balaban J connectivity index is 1.37. The number of hydrogen-bond donors (Lipinski definition) is 1. The largest absolute Gasteiger partial charge is 0.491 e. The minimum atomic E-state index is -0.179. The van der Waals surface area contributed by atoms with E-state index in [1.54, 1.807) is 23.1 Å². The predicted molar refractivity (Wildman–Crippen MR) is 116 cm³/mol. The number of nitrogens with one attached hydrogen (secondary N) is 1. The Hall–Kier alpha value is -3.93. The highest BCUT2D eigenvalue weighted by Gasteiger charge is 2.10. The molecule has 0 aliphatic heterocycles. The van der Waals surface area contributed by atoms with Crippen molar-refractivity contribution >= 4 is 11.6 Å². The average molecular weight is 398 g/mol. The number of para-hydroxylation sites is 2. The number of anilines is 1. The third-order valence-corrected chi connectivity index (χ3v) is 4.65. The molecule has 0 saturated heterocycles. The van der Waals surface area contributed by atoms with Gasteiger partial charge in [0, 0.05) is 12.0 Å². The van der Waals surface area contributed by atoms with Gasteiger partial charge >= 0.3 is 0 Å². The van der Waals surface area contributed by atoms with Crippen molar-refractivity contribution in [2.45, 2.75) is 13.0 Å². The van der Waals surface area contributed by atoms with Crippen LogP contribution in [-0.4, -0.2) is 27.3 Å². The van der Waals surface area contributed by atoms with E-state index in [2.05, 4.69) is 27.5 Å². The van der Waals surface area contributed by atoms with E-state index in [1.807, 2.05) is 54.6 Å². The number of hydrogen-bond acceptors (Lipinski definition) is 4. The van der Waals surface area contributed by atoms with E-state index in [1.165, 1.54) is 11.9 Å². The SMILES string of the molecule is O=C(Nc1ccccc1OCCc1ccccc1)c1ccc(Cn2cncn2)cc1. The maximum Gasteiger partial charge on any atom is 0.255 e. The number of ether oxygens (including phenoxy) is 1. The van der Waals surface area contributed by atoms with Crippen LogP contribution < -0.4 is 10.1 Å². The fourth-order valence-corrected chi connectivity index (χ4v) is 3.08. The Labute approximate surface area is 175 Å². The Morgan fingerprint density at radius 3 is 2.43 bits per heavy atom. The van der Waals surface area contributed by atoms with Crippen LogP contribution >= 0.6 is 0 Å². The normalized spacial score (nSPS) is 10.5. The predicted octanol–water partition coefficient (Wildman–Crippen LogP) is 4.20. The first kappa shape index (κ1) is 19.4. The molecular formula is C24H22N4O2. The molecule has 30 heavy (non-hydrogen) atoms. The third kappa shape index (κ3) is 5.11. The molecule has 1 amide bonds. The summed E-state index contributed by atoms with van der Waals surface area (Å²) in [6.07, 6.45) is 3.97. The summed E-state index contributed by atoms with van der Waals surface area (Å²) in [7, 11) is 0. The number of benzene rings is 3. The molecule has 4 rings (SSSR count). The van der Waals surface area contributed by atoms with Crippen molar-refractivity contribution in [2.24, 2.45) is 0 Å². The summed E-state index contributed by atoms with van der Waals surface area (Å²) in [6.45, 7) is 1.15. The van der Waals surface area contributed by atoms with Crippen LogP contribution in [0.5, 0.6) is 5.75 Å². The fourth-order valence-electron chi connectivity index (χ4n) is 3.08. The van der Waals surface area contributed by atoms with Crippen LogP contribution in [0.25, 0.3) is 0 Å². The third-order valence-electron chi connectivity index (χ3n) is 4.65. The van der Waals surface area contributed by atoms with E-state index in [9.17, 15) is 4.79 Å². The standard InChI is InChI=1S/C24H22N4O2/c29-24(21-12-10-20(11-13-21)16-28-18-25-17-26-28)27-22-8-4-5-9-23(22)30-15-14-19-6-2-1-3-7-19/h1-13,17-18H,14-16H2,(H,27,29). The lowest BCUT2D eigenvalue weighted by atomic mass is 10.1. The smallest absolute Gasteiger partial charge is 0.255 e. The van der Waals surface area contributed by atoms with Crippen LogP contribution in [0.4, 0.5) is 5.69 Å². The molecule has 0 aliphatic rings. The average Bonchev–Trinajstić information content (AvgIpc) is 3.29. The van der Waals surface area contributed by atoms with Gasteiger partial charge in [-0.3, -0.25) is 4.79 Å². The monoisotopic (exact) mass is 398 g/mol. The second-order valence-corrected chi connectivity index (χ2v) is 6.82. The molecule has 0 bridgehead atoms. The van der Waals surface area contributed by atoms with Crippen molar-refractivity contribution in [2.75, 3.05) is 11.9 Å². The highest BCUT2D eigenvalue weighted by Crippen LogP contribution is 2.24. The van der Waals surface area contributed by atoms with Gasteiger partial charge in [0.2, 0.25) is 0 Å². The number of carbonyl (C=O) groups is 1. The Bertz CT molecular complexity index is 1080. The van der Waals surface area contributed by atoms with Gasteiger partial charge in [-0.1, -0.05) is 54.6 Å². The van der Waals surface area contributed by atoms with Crippen LogP contribution in [-0.2, 0) is 13.0 Å². The van der Waals surface area contributed by atoms with Crippen molar-refractivity contribution in [1.29, 1.82) is 0 Å². The molecule has 1 N–H and O–H groups in total. The van der Waals surface area contributed by atoms with E-state index < -0.39 is 0 Å². The molecule has 0 aliphatic carbocycles. The second kappa shape index (κ2) is 9.52. The van der Waals surface area contributed by atoms with Gasteiger partial charge in [0.25, 0.3) is 5.91 Å². The van der Waals surface area contributed by atoms with E-state index in [0.29, 0.717) is 30.2 Å². The lowest BCUT2D eigenvalue weighted by molar-refractivity contribution is 0.102. The zero-order chi connectivity index (χ0) is 20.6. The van der Waals surface area contributed by atoms with Gasteiger partial charge in [-0.15, -0.1) is 0 Å². The lowest BCUT2D eigenvalue weighted by Gasteiger charge is -2.13. The molecule has 0 fully saturated rings. The molecule has 6 heteroatoms. The summed E-state index contributed by atoms with van der Waals surface area (Å²) >= 11 is 0. The zero-order valence-corrected chi connectivity index (χ0v) is 16.4. The van der Waals surface area contributed by atoms with Crippen LogP contribution in [0.3, 0.4) is 0 Å². The topological polar surface area (TPSA) is 69.0 Å². The summed E-state index contributed by atoms with van der Waals surface area (Å²) in [5.41, 5.74) is 3.49. The molecule has 0 saturated carbocycles. The molecule has 1 aromatic heterocycles. The molecule has 0 spiro atoms. The number of rotatable bonds is 8. The highest BCUT2D eigenvalue weighted by molar-refractivity contribution is 6.05. The van der Waals surface area contributed by atoms with E-state index in [4.69, 9.17) is 4.74 Å². The maximum absolute atomic E-state index is 12.7. The number of carbonyl (C=O) groups excluding carboxylic acids is 1. The molecule has 1 heterocycles. The number of amides is 1. The first-order chi connectivity index (χ1) is 14.8. The van der Waals surface area contributed by atoms with Crippen molar-refractivity contribution in [1.82, 2.24) is 14.8 Å².